The molecular weight excluding hydrogens is 312 g/mol. The number of benzene rings is 1. The maximum absolute atomic E-state index is 5.99. The molecule has 4 nitrogen and oxygen atoms in total. The van der Waals surface area contributed by atoms with Gasteiger partial charge in [0.1, 0.15) is 5.75 Å². The topological polar surface area (TPSA) is 44.2 Å². The van der Waals surface area contributed by atoms with Gasteiger partial charge in [0.05, 0.1) is 7.11 Å². The van der Waals surface area contributed by atoms with Crippen LogP contribution in [-0.4, -0.2) is 17.1 Å². The maximum Gasteiger partial charge on any atom is 0.227 e. The highest BCUT2D eigenvalue weighted by Gasteiger charge is 2.13. The Balaban J connectivity index is 1.88. The van der Waals surface area contributed by atoms with Crippen LogP contribution in [0.25, 0.3) is 11.1 Å². The first kappa shape index (κ1) is 16.5. The van der Waals surface area contributed by atoms with Crippen LogP contribution in [0.15, 0.2) is 60.9 Å². The Morgan fingerprint density at radius 1 is 0.920 bits per heavy atom. The van der Waals surface area contributed by atoms with E-state index in [4.69, 9.17) is 15.9 Å². The number of hydrogen-bond donors (Lipinski definition) is 0. The second-order valence-electron chi connectivity index (χ2n) is 5.37. The van der Waals surface area contributed by atoms with E-state index in [1.807, 2.05) is 48.5 Å². The van der Waals surface area contributed by atoms with E-state index in [2.05, 4.69) is 15.9 Å². The number of terminal acetylenes is 1. The first-order chi connectivity index (χ1) is 12.3. The van der Waals surface area contributed by atoms with E-state index in [-0.39, 0.29) is 0 Å². The molecule has 0 atom stereocenters. The molecule has 1 aromatic carbocycles. The van der Waals surface area contributed by atoms with E-state index in [1.165, 1.54) is 5.56 Å². The van der Waals surface area contributed by atoms with Crippen LogP contribution in [0, 0.1) is 12.3 Å². The fraction of sp³-hybridized carbons (Fsp3) is 0.143. The second kappa shape index (κ2) is 7.98. The van der Waals surface area contributed by atoms with Crippen molar-refractivity contribution in [1.29, 1.82) is 0 Å². The second-order valence-corrected chi connectivity index (χ2v) is 5.37. The van der Waals surface area contributed by atoms with E-state index in [0.29, 0.717) is 17.5 Å². The molecule has 4 heteroatoms. The highest BCUT2D eigenvalue weighted by atomic mass is 16.5. The standard InChI is InChI=1S/C21H18N2O2/c1-3-4-7-16-10-12-17(13-11-16)25-21-19(9-6-15-23-21)18-8-5-14-22-20(18)24-2/h1,5-6,8-15H,4,7H2,2H3. The van der Waals surface area contributed by atoms with Crippen LogP contribution < -0.4 is 9.47 Å². The van der Waals surface area contributed by atoms with Crippen LogP contribution in [0.3, 0.4) is 0 Å². The van der Waals surface area contributed by atoms with Crippen molar-refractivity contribution in [3.63, 3.8) is 0 Å². The number of rotatable bonds is 6. The lowest BCUT2D eigenvalue weighted by molar-refractivity contribution is 0.399. The third-order valence-corrected chi connectivity index (χ3v) is 3.72. The predicted octanol–water partition coefficient (Wildman–Crippen LogP) is 4.51. The Bertz CT molecular complexity index is 883. The van der Waals surface area contributed by atoms with Crippen molar-refractivity contribution >= 4 is 0 Å². The molecule has 3 aromatic rings. The Kier molecular flexibility index (Phi) is 5.28. The highest BCUT2D eigenvalue weighted by Crippen LogP contribution is 2.35. The maximum atomic E-state index is 5.99. The van der Waals surface area contributed by atoms with E-state index < -0.39 is 0 Å². The summed E-state index contributed by atoms with van der Waals surface area (Å²) in [5.74, 6) is 4.40. The Labute approximate surface area is 147 Å². The van der Waals surface area contributed by atoms with Gasteiger partial charge in [-0.25, -0.2) is 9.97 Å². The molecule has 0 aliphatic carbocycles. The van der Waals surface area contributed by atoms with Crippen molar-refractivity contribution < 1.29 is 9.47 Å². The molecule has 0 spiro atoms. The fourth-order valence-electron chi connectivity index (χ4n) is 2.49. The molecule has 25 heavy (non-hydrogen) atoms. The summed E-state index contributed by atoms with van der Waals surface area (Å²) < 4.78 is 11.3. The van der Waals surface area contributed by atoms with Gasteiger partial charge in [0, 0.05) is 29.9 Å². The number of nitrogens with zero attached hydrogens (tertiary/aromatic N) is 2. The molecule has 0 saturated carbocycles. The van der Waals surface area contributed by atoms with E-state index >= 15 is 0 Å². The molecule has 2 heterocycles. The van der Waals surface area contributed by atoms with E-state index in [0.717, 1.165) is 24.0 Å². The molecular formula is C21H18N2O2. The van der Waals surface area contributed by atoms with Gasteiger partial charge in [-0.1, -0.05) is 12.1 Å². The number of ether oxygens (including phenoxy) is 2. The number of hydrogen-bond acceptors (Lipinski definition) is 4. The third kappa shape index (κ3) is 3.96. The number of aromatic nitrogens is 2. The summed E-state index contributed by atoms with van der Waals surface area (Å²) in [6, 6.07) is 15.4. The molecule has 0 amide bonds. The molecule has 0 bridgehead atoms. The van der Waals surface area contributed by atoms with Crippen LogP contribution in [0.1, 0.15) is 12.0 Å². The quantitative estimate of drug-likeness (QED) is 0.624. The summed E-state index contributed by atoms with van der Waals surface area (Å²) in [6.07, 6.45) is 10.3. The molecule has 0 fully saturated rings. The van der Waals surface area contributed by atoms with Gasteiger partial charge in [-0.3, -0.25) is 0 Å². The monoisotopic (exact) mass is 330 g/mol. The van der Waals surface area contributed by atoms with Gasteiger partial charge in [-0.15, -0.1) is 12.3 Å². The van der Waals surface area contributed by atoms with Gasteiger partial charge >= 0.3 is 0 Å². The zero-order valence-electron chi connectivity index (χ0n) is 14.0. The number of aryl methyl sites for hydroxylation is 1. The van der Waals surface area contributed by atoms with Crippen molar-refractivity contribution in [3.05, 3.63) is 66.5 Å². The summed E-state index contributed by atoms with van der Waals surface area (Å²) in [6.45, 7) is 0. The van der Waals surface area contributed by atoms with Crippen LogP contribution in [0.4, 0.5) is 0 Å². The molecule has 0 radical (unpaired) electrons. The molecule has 0 N–H and O–H groups in total. The summed E-state index contributed by atoms with van der Waals surface area (Å²) in [5.41, 5.74) is 2.84. The van der Waals surface area contributed by atoms with E-state index in [9.17, 15) is 0 Å². The van der Waals surface area contributed by atoms with Crippen molar-refractivity contribution in [2.24, 2.45) is 0 Å². The summed E-state index contributed by atoms with van der Waals surface area (Å²) >= 11 is 0. The molecule has 2 aromatic heterocycles. The van der Waals surface area contributed by atoms with Crippen molar-refractivity contribution in [1.82, 2.24) is 9.97 Å². The third-order valence-electron chi connectivity index (χ3n) is 3.72. The largest absolute Gasteiger partial charge is 0.481 e. The smallest absolute Gasteiger partial charge is 0.227 e. The normalized spacial score (nSPS) is 10.1. The van der Waals surface area contributed by atoms with Crippen LogP contribution >= 0.6 is 0 Å². The summed E-state index contributed by atoms with van der Waals surface area (Å²) in [4.78, 5) is 8.61. The lowest BCUT2D eigenvalue weighted by atomic mass is 10.1. The van der Waals surface area contributed by atoms with Gasteiger partial charge in [-0.05, 0) is 48.4 Å². The summed E-state index contributed by atoms with van der Waals surface area (Å²) in [5, 5.41) is 0. The predicted molar refractivity (Wildman–Crippen MR) is 97.7 cm³/mol. The number of methoxy groups -OCH3 is 1. The summed E-state index contributed by atoms with van der Waals surface area (Å²) in [7, 11) is 1.59. The van der Waals surface area contributed by atoms with Gasteiger partial charge in [0.2, 0.25) is 11.8 Å². The average Bonchev–Trinajstić information content (AvgIpc) is 2.68. The van der Waals surface area contributed by atoms with Gasteiger partial charge in [0.15, 0.2) is 0 Å². The van der Waals surface area contributed by atoms with Crippen molar-refractivity contribution in [2.75, 3.05) is 7.11 Å². The van der Waals surface area contributed by atoms with Crippen LogP contribution in [0.2, 0.25) is 0 Å². The van der Waals surface area contributed by atoms with Crippen LogP contribution in [0.5, 0.6) is 17.5 Å². The SMILES string of the molecule is C#CCCc1ccc(Oc2ncccc2-c2cccnc2OC)cc1. The zero-order chi connectivity index (χ0) is 17.5. The first-order valence-electron chi connectivity index (χ1n) is 7.96. The van der Waals surface area contributed by atoms with Gasteiger partial charge in [0.25, 0.3) is 0 Å². The minimum atomic E-state index is 0.505. The number of pyridine rings is 2. The molecule has 3 rings (SSSR count). The molecule has 0 aliphatic rings. The van der Waals surface area contributed by atoms with E-state index in [1.54, 1.807) is 19.5 Å². The lowest BCUT2D eigenvalue weighted by Crippen LogP contribution is -1.95. The van der Waals surface area contributed by atoms with Crippen molar-refractivity contribution in [3.8, 4) is 41.0 Å². The molecule has 0 saturated heterocycles. The molecule has 124 valence electrons. The Hall–Kier alpha value is -3.32. The van der Waals surface area contributed by atoms with Crippen molar-refractivity contribution in [2.45, 2.75) is 12.8 Å². The first-order valence-corrected chi connectivity index (χ1v) is 7.96. The average molecular weight is 330 g/mol. The fourth-order valence-corrected chi connectivity index (χ4v) is 2.49. The molecule has 0 aliphatic heterocycles. The Morgan fingerprint density at radius 2 is 1.56 bits per heavy atom. The lowest BCUT2D eigenvalue weighted by Gasteiger charge is -2.12. The van der Waals surface area contributed by atoms with Gasteiger partial charge in [-0.2, -0.15) is 0 Å². The highest BCUT2D eigenvalue weighted by molar-refractivity contribution is 5.73. The minimum Gasteiger partial charge on any atom is -0.481 e. The zero-order valence-corrected chi connectivity index (χ0v) is 14.0. The van der Waals surface area contributed by atoms with Crippen LogP contribution in [-0.2, 0) is 6.42 Å². The van der Waals surface area contributed by atoms with Gasteiger partial charge < -0.3 is 9.47 Å². The molecule has 0 unspecified atom stereocenters. The Morgan fingerprint density at radius 3 is 2.20 bits per heavy atom. The minimum absolute atomic E-state index is 0.505.